The summed E-state index contributed by atoms with van der Waals surface area (Å²) < 4.78 is 4.97. The van der Waals surface area contributed by atoms with Crippen molar-refractivity contribution >= 4 is 12.0 Å². The van der Waals surface area contributed by atoms with Gasteiger partial charge in [-0.25, -0.2) is 4.79 Å². The molecule has 0 bridgehead atoms. The van der Waals surface area contributed by atoms with E-state index in [2.05, 4.69) is 5.32 Å². The standard InChI is InChI=1S/C12H20N2O3/c1-3-7-13-12(16)14-8-5-10(6-9-14)11(15)17-4-2/h3,7,10H,4-6,8-9H2,1-2H3,(H,13,16)/b7-3+. The molecule has 1 fully saturated rings. The van der Waals surface area contributed by atoms with Gasteiger partial charge in [0.1, 0.15) is 0 Å². The van der Waals surface area contributed by atoms with Gasteiger partial charge in [0, 0.05) is 19.3 Å². The molecule has 0 aromatic carbocycles. The highest BCUT2D eigenvalue weighted by Crippen LogP contribution is 2.18. The highest BCUT2D eigenvalue weighted by molar-refractivity contribution is 5.76. The van der Waals surface area contributed by atoms with E-state index in [0.717, 1.165) is 0 Å². The maximum Gasteiger partial charge on any atom is 0.321 e. The summed E-state index contributed by atoms with van der Waals surface area (Å²) in [4.78, 5) is 24.8. The van der Waals surface area contributed by atoms with Gasteiger partial charge >= 0.3 is 12.0 Å². The van der Waals surface area contributed by atoms with E-state index in [0.29, 0.717) is 32.5 Å². The van der Waals surface area contributed by atoms with Crippen molar-refractivity contribution in [3.05, 3.63) is 12.3 Å². The number of nitrogens with zero attached hydrogens (tertiary/aromatic N) is 1. The molecule has 1 aliphatic rings. The first-order chi connectivity index (χ1) is 8.19. The van der Waals surface area contributed by atoms with E-state index in [-0.39, 0.29) is 17.9 Å². The van der Waals surface area contributed by atoms with Gasteiger partial charge in [-0.2, -0.15) is 0 Å². The van der Waals surface area contributed by atoms with E-state index >= 15 is 0 Å². The largest absolute Gasteiger partial charge is 0.466 e. The Hall–Kier alpha value is -1.52. The Morgan fingerprint density at radius 3 is 2.59 bits per heavy atom. The highest BCUT2D eigenvalue weighted by atomic mass is 16.5. The van der Waals surface area contributed by atoms with Crippen LogP contribution >= 0.6 is 0 Å². The van der Waals surface area contributed by atoms with Crippen LogP contribution in [-0.2, 0) is 9.53 Å². The number of carbonyl (C=O) groups excluding carboxylic acids is 2. The molecule has 5 heteroatoms. The van der Waals surface area contributed by atoms with Gasteiger partial charge in [0.05, 0.1) is 12.5 Å². The zero-order valence-electron chi connectivity index (χ0n) is 10.4. The molecule has 0 spiro atoms. The van der Waals surface area contributed by atoms with Crippen molar-refractivity contribution in [2.45, 2.75) is 26.7 Å². The van der Waals surface area contributed by atoms with Crippen LogP contribution in [0.15, 0.2) is 12.3 Å². The summed E-state index contributed by atoms with van der Waals surface area (Å²) in [7, 11) is 0. The third kappa shape index (κ3) is 4.09. The number of carbonyl (C=O) groups is 2. The molecule has 0 saturated carbocycles. The number of ether oxygens (including phenoxy) is 1. The van der Waals surface area contributed by atoms with E-state index in [9.17, 15) is 9.59 Å². The summed E-state index contributed by atoms with van der Waals surface area (Å²) in [6.07, 6.45) is 4.74. The zero-order chi connectivity index (χ0) is 12.7. The van der Waals surface area contributed by atoms with Gasteiger partial charge in [-0.05, 0) is 26.7 Å². The molecule has 0 atom stereocenters. The number of amides is 2. The highest BCUT2D eigenvalue weighted by Gasteiger charge is 2.27. The Balaban J connectivity index is 2.35. The molecule has 0 unspecified atom stereocenters. The molecule has 1 N–H and O–H groups in total. The smallest absolute Gasteiger partial charge is 0.321 e. The summed E-state index contributed by atoms with van der Waals surface area (Å²) >= 11 is 0. The van der Waals surface area contributed by atoms with Crippen LogP contribution in [0.1, 0.15) is 26.7 Å². The van der Waals surface area contributed by atoms with Gasteiger partial charge in [0.2, 0.25) is 0 Å². The summed E-state index contributed by atoms with van der Waals surface area (Å²) in [5, 5.41) is 2.66. The third-order valence-electron chi connectivity index (χ3n) is 2.78. The fourth-order valence-electron chi connectivity index (χ4n) is 1.82. The third-order valence-corrected chi connectivity index (χ3v) is 2.78. The maximum atomic E-state index is 11.6. The van der Waals surface area contributed by atoms with Crippen molar-refractivity contribution in [1.82, 2.24) is 10.2 Å². The van der Waals surface area contributed by atoms with Crippen LogP contribution in [0.25, 0.3) is 0 Å². The van der Waals surface area contributed by atoms with Gasteiger partial charge < -0.3 is 15.0 Å². The van der Waals surface area contributed by atoms with Crippen molar-refractivity contribution in [2.75, 3.05) is 19.7 Å². The number of hydrogen-bond donors (Lipinski definition) is 1. The molecule has 1 saturated heterocycles. The molecule has 0 radical (unpaired) electrons. The molecule has 0 aliphatic carbocycles. The van der Waals surface area contributed by atoms with Crippen molar-refractivity contribution < 1.29 is 14.3 Å². The Bertz CT molecular complexity index is 294. The van der Waals surface area contributed by atoms with Crippen LogP contribution < -0.4 is 5.32 Å². The Labute approximate surface area is 102 Å². The second kappa shape index (κ2) is 6.93. The number of nitrogens with one attached hydrogen (secondary N) is 1. The molecule has 96 valence electrons. The van der Waals surface area contributed by atoms with Crippen molar-refractivity contribution in [1.29, 1.82) is 0 Å². The second-order valence-electron chi connectivity index (χ2n) is 3.96. The summed E-state index contributed by atoms with van der Waals surface area (Å²) in [6, 6.07) is -0.106. The topological polar surface area (TPSA) is 58.6 Å². The van der Waals surface area contributed by atoms with Gasteiger partial charge in [0.25, 0.3) is 0 Å². The number of piperidine rings is 1. The minimum Gasteiger partial charge on any atom is -0.466 e. The molecule has 1 heterocycles. The van der Waals surface area contributed by atoms with Crippen molar-refractivity contribution in [3.63, 3.8) is 0 Å². The minimum atomic E-state index is -0.138. The van der Waals surface area contributed by atoms with Crippen molar-refractivity contribution in [2.24, 2.45) is 5.92 Å². The predicted octanol–water partition coefficient (Wildman–Crippen LogP) is 1.50. The van der Waals surface area contributed by atoms with Crippen LogP contribution in [0.3, 0.4) is 0 Å². The molecule has 1 rings (SSSR count). The lowest BCUT2D eigenvalue weighted by molar-refractivity contribution is -0.149. The lowest BCUT2D eigenvalue weighted by atomic mass is 9.97. The first kappa shape index (κ1) is 13.5. The fourth-order valence-corrected chi connectivity index (χ4v) is 1.82. The summed E-state index contributed by atoms with van der Waals surface area (Å²) in [5.41, 5.74) is 0. The maximum absolute atomic E-state index is 11.6. The Morgan fingerprint density at radius 1 is 1.41 bits per heavy atom. The number of esters is 1. The molecule has 2 amide bonds. The number of allylic oxidation sites excluding steroid dienone is 1. The molecule has 0 aromatic heterocycles. The molecule has 17 heavy (non-hydrogen) atoms. The lowest BCUT2D eigenvalue weighted by Gasteiger charge is -2.30. The van der Waals surface area contributed by atoms with Crippen LogP contribution in [0.4, 0.5) is 4.79 Å². The monoisotopic (exact) mass is 240 g/mol. The molecular formula is C12H20N2O3. The minimum absolute atomic E-state index is 0.0549. The Morgan fingerprint density at radius 2 is 2.06 bits per heavy atom. The van der Waals surface area contributed by atoms with E-state index in [4.69, 9.17) is 4.74 Å². The van der Waals surface area contributed by atoms with E-state index in [1.54, 1.807) is 24.1 Å². The predicted molar refractivity (Wildman–Crippen MR) is 64.3 cm³/mol. The number of likely N-dealkylation sites (tertiary alicyclic amines) is 1. The van der Waals surface area contributed by atoms with Gasteiger partial charge in [-0.3, -0.25) is 4.79 Å². The van der Waals surface area contributed by atoms with Crippen LogP contribution in [0.5, 0.6) is 0 Å². The number of rotatable bonds is 3. The lowest BCUT2D eigenvalue weighted by Crippen LogP contribution is -2.44. The van der Waals surface area contributed by atoms with Crippen LogP contribution in [0, 0.1) is 5.92 Å². The van der Waals surface area contributed by atoms with Gasteiger partial charge in [-0.1, -0.05) is 6.08 Å². The molecule has 1 aliphatic heterocycles. The van der Waals surface area contributed by atoms with E-state index in [1.807, 2.05) is 6.92 Å². The number of hydrogen-bond acceptors (Lipinski definition) is 3. The molecule has 5 nitrogen and oxygen atoms in total. The summed E-state index contributed by atoms with van der Waals surface area (Å²) in [6.45, 7) is 5.27. The zero-order valence-corrected chi connectivity index (χ0v) is 10.4. The van der Waals surface area contributed by atoms with Gasteiger partial charge in [-0.15, -0.1) is 0 Å². The van der Waals surface area contributed by atoms with E-state index in [1.165, 1.54) is 0 Å². The fraction of sp³-hybridized carbons (Fsp3) is 0.667. The molecular weight excluding hydrogens is 220 g/mol. The first-order valence-corrected chi connectivity index (χ1v) is 6.02. The Kier molecular flexibility index (Phi) is 5.52. The normalized spacial score (nSPS) is 17.2. The number of urea groups is 1. The molecule has 0 aromatic rings. The average Bonchev–Trinajstić information content (AvgIpc) is 2.36. The van der Waals surface area contributed by atoms with Crippen molar-refractivity contribution in [3.8, 4) is 0 Å². The second-order valence-corrected chi connectivity index (χ2v) is 3.96. The van der Waals surface area contributed by atoms with Crippen LogP contribution in [-0.4, -0.2) is 36.6 Å². The quantitative estimate of drug-likeness (QED) is 0.761. The first-order valence-electron chi connectivity index (χ1n) is 6.02. The van der Waals surface area contributed by atoms with Crippen LogP contribution in [0.2, 0.25) is 0 Å². The average molecular weight is 240 g/mol. The van der Waals surface area contributed by atoms with E-state index < -0.39 is 0 Å². The van der Waals surface area contributed by atoms with Gasteiger partial charge in [0.15, 0.2) is 0 Å². The SMILES string of the molecule is C/C=C/NC(=O)N1CCC(C(=O)OCC)CC1. The summed E-state index contributed by atoms with van der Waals surface area (Å²) in [5.74, 6) is -0.193.